The van der Waals surface area contributed by atoms with Crippen LogP contribution in [0.5, 0.6) is 0 Å². The summed E-state index contributed by atoms with van der Waals surface area (Å²) in [4.78, 5) is 16.7. The summed E-state index contributed by atoms with van der Waals surface area (Å²) in [5.74, 6) is 0.221. The molecule has 8 heteroatoms. The second-order valence-electron chi connectivity index (χ2n) is 6.87. The molecule has 1 atom stereocenters. The summed E-state index contributed by atoms with van der Waals surface area (Å²) in [5.41, 5.74) is 0.383. The van der Waals surface area contributed by atoms with E-state index >= 15 is 0 Å². The third-order valence-electron chi connectivity index (χ3n) is 4.75. The molecule has 0 saturated carbocycles. The summed E-state index contributed by atoms with van der Waals surface area (Å²) >= 11 is 5.78. The van der Waals surface area contributed by atoms with Crippen molar-refractivity contribution in [3.05, 3.63) is 52.9 Å². The number of carbonyl (C=O) groups is 1. The van der Waals surface area contributed by atoms with Gasteiger partial charge in [-0.25, -0.2) is 4.39 Å². The first kappa shape index (κ1) is 19.5. The highest BCUT2D eigenvalue weighted by molar-refractivity contribution is 6.29. The third kappa shape index (κ3) is 4.73. The van der Waals surface area contributed by atoms with Gasteiger partial charge in [0.1, 0.15) is 11.9 Å². The first-order valence-corrected chi connectivity index (χ1v) is 9.29. The largest absolute Gasteiger partial charge is 0.355 e. The molecule has 0 aliphatic carbocycles. The Bertz CT molecular complexity index is 778. The van der Waals surface area contributed by atoms with Crippen LogP contribution in [0.1, 0.15) is 24.4 Å². The lowest BCUT2D eigenvalue weighted by Crippen LogP contribution is -2.48. The highest BCUT2D eigenvalue weighted by Gasteiger charge is 2.29. The summed E-state index contributed by atoms with van der Waals surface area (Å²) in [7, 11) is 3.55. The van der Waals surface area contributed by atoms with Crippen LogP contribution in [-0.4, -0.2) is 54.2 Å². The number of anilines is 1. The molecule has 1 aliphatic rings. The van der Waals surface area contributed by atoms with E-state index in [0.717, 1.165) is 31.7 Å². The fourth-order valence-electron chi connectivity index (χ4n) is 3.36. The van der Waals surface area contributed by atoms with Gasteiger partial charge in [0.25, 0.3) is 0 Å². The van der Waals surface area contributed by atoms with Gasteiger partial charge < -0.3 is 10.2 Å². The van der Waals surface area contributed by atoms with E-state index in [1.54, 1.807) is 43.3 Å². The second kappa shape index (κ2) is 8.63. The summed E-state index contributed by atoms with van der Waals surface area (Å²) in [6.45, 7) is 1.52. The Morgan fingerprint density at radius 1 is 1.22 bits per heavy atom. The molecule has 0 spiro atoms. The Kier molecular flexibility index (Phi) is 6.23. The maximum absolute atomic E-state index is 14.2. The lowest BCUT2D eigenvalue weighted by Gasteiger charge is -2.34. The Balaban J connectivity index is 1.61. The quantitative estimate of drug-likeness (QED) is 0.849. The lowest BCUT2D eigenvalue weighted by molar-refractivity contribution is -0.126. The van der Waals surface area contributed by atoms with Crippen LogP contribution in [0.3, 0.4) is 0 Å². The molecule has 1 N–H and O–H groups in total. The molecular formula is C19H23ClFN5O. The van der Waals surface area contributed by atoms with Crippen LogP contribution in [0.4, 0.5) is 10.2 Å². The predicted molar refractivity (Wildman–Crippen MR) is 103 cm³/mol. The van der Waals surface area contributed by atoms with E-state index in [4.69, 9.17) is 11.6 Å². The number of rotatable bonds is 5. The topological polar surface area (TPSA) is 61.4 Å². The molecule has 2 heterocycles. The molecule has 1 aromatic heterocycles. The van der Waals surface area contributed by atoms with Gasteiger partial charge in [-0.3, -0.25) is 9.69 Å². The second-order valence-corrected chi connectivity index (χ2v) is 7.26. The fourth-order valence-corrected chi connectivity index (χ4v) is 3.46. The van der Waals surface area contributed by atoms with E-state index in [0.29, 0.717) is 10.7 Å². The van der Waals surface area contributed by atoms with Gasteiger partial charge in [0, 0.05) is 24.7 Å². The Labute approximate surface area is 163 Å². The van der Waals surface area contributed by atoms with Gasteiger partial charge >= 0.3 is 0 Å². The average Bonchev–Trinajstić information content (AvgIpc) is 2.65. The number of likely N-dealkylation sites (N-methyl/N-ethyl adjacent to an activating group) is 1. The Morgan fingerprint density at radius 3 is 2.52 bits per heavy atom. The number of piperidine rings is 1. The van der Waals surface area contributed by atoms with E-state index in [2.05, 4.69) is 20.4 Å². The van der Waals surface area contributed by atoms with Crippen molar-refractivity contribution in [3.8, 4) is 0 Å². The molecule has 0 bridgehead atoms. The molecule has 1 saturated heterocycles. The maximum atomic E-state index is 14.2. The summed E-state index contributed by atoms with van der Waals surface area (Å²) in [6.07, 6.45) is 1.57. The van der Waals surface area contributed by atoms with Crippen LogP contribution in [0, 0.1) is 5.82 Å². The Hall–Kier alpha value is -2.25. The van der Waals surface area contributed by atoms with Crippen molar-refractivity contribution in [2.45, 2.75) is 24.9 Å². The molecule has 2 aromatic rings. The minimum absolute atomic E-state index is 0.0447. The molecule has 1 fully saturated rings. The first-order chi connectivity index (χ1) is 13.0. The van der Waals surface area contributed by atoms with Gasteiger partial charge in [0.15, 0.2) is 11.0 Å². The molecule has 0 unspecified atom stereocenters. The van der Waals surface area contributed by atoms with Crippen LogP contribution in [0.2, 0.25) is 5.15 Å². The number of hydrogen-bond donors (Lipinski definition) is 1. The van der Waals surface area contributed by atoms with Gasteiger partial charge in [-0.1, -0.05) is 29.8 Å². The number of benzene rings is 1. The van der Waals surface area contributed by atoms with Gasteiger partial charge in [0.2, 0.25) is 5.91 Å². The predicted octanol–water partition coefficient (Wildman–Crippen LogP) is 2.66. The van der Waals surface area contributed by atoms with Crippen molar-refractivity contribution in [2.24, 2.45) is 0 Å². The summed E-state index contributed by atoms with van der Waals surface area (Å²) in [5, 5.41) is 11.4. The van der Waals surface area contributed by atoms with Crippen molar-refractivity contribution in [3.63, 3.8) is 0 Å². The molecular weight excluding hydrogens is 369 g/mol. The minimum Gasteiger partial charge on any atom is -0.355 e. The van der Waals surface area contributed by atoms with E-state index in [1.165, 1.54) is 6.07 Å². The number of halogens is 2. The van der Waals surface area contributed by atoms with Gasteiger partial charge in [-0.05, 0) is 45.1 Å². The SMILES string of the molecule is CN(C)[C@@H](C(=O)NC1CCN(c2ccc(Cl)nn2)CC1)c1ccccc1F. The van der Waals surface area contributed by atoms with Crippen molar-refractivity contribution >= 4 is 23.3 Å². The zero-order chi connectivity index (χ0) is 19.4. The summed E-state index contributed by atoms with van der Waals surface area (Å²) in [6, 6.07) is 9.34. The van der Waals surface area contributed by atoms with Crippen LogP contribution in [0.25, 0.3) is 0 Å². The van der Waals surface area contributed by atoms with E-state index in [1.807, 2.05) is 6.07 Å². The maximum Gasteiger partial charge on any atom is 0.242 e. The molecule has 27 heavy (non-hydrogen) atoms. The molecule has 0 radical (unpaired) electrons. The van der Waals surface area contributed by atoms with E-state index < -0.39 is 6.04 Å². The van der Waals surface area contributed by atoms with Gasteiger partial charge in [0.05, 0.1) is 0 Å². The fraction of sp³-hybridized carbons (Fsp3) is 0.421. The summed E-state index contributed by atoms with van der Waals surface area (Å²) < 4.78 is 14.2. The molecule has 1 aliphatic heterocycles. The van der Waals surface area contributed by atoms with E-state index in [-0.39, 0.29) is 17.8 Å². The number of amides is 1. The van der Waals surface area contributed by atoms with Crippen molar-refractivity contribution < 1.29 is 9.18 Å². The van der Waals surface area contributed by atoms with Crippen molar-refractivity contribution in [2.75, 3.05) is 32.1 Å². The number of aromatic nitrogens is 2. The Morgan fingerprint density at radius 2 is 1.93 bits per heavy atom. The smallest absolute Gasteiger partial charge is 0.242 e. The van der Waals surface area contributed by atoms with Crippen molar-refractivity contribution in [1.82, 2.24) is 20.4 Å². The number of nitrogens with one attached hydrogen (secondary N) is 1. The normalized spacial score (nSPS) is 16.4. The zero-order valence-corrected chi connectivity index (χ0v) is 16.2. The molecule has 1 aromatic carbocycles. The van der Waals surface area contributed by atoms with Crippen molar-refractivity contribution in [1.29, 1.82) is 0 Å². The van der Waals surface area contributed by atoms with Crippen LogP contribution in [0.15, 0.2) is 36.4 Å². The average molecular weight is 392 g/mol. The highest BCUT2D eigenvalue weighted by Crippen LogP contribution is 2.23. The number of nitrogens with zero attached hydrogens (tertiary/aromatic N) is 4. The molecule has 6 nitrogen and oxygen atoms in total. The molecule has 1 amide bonds. The lowest BCUT2D eigenvalue weighted by atomic mass is 10.0. The minimum atomic E-state index is -0.661. The van der Waals surface area contributed by atoms with Gasteiger partial charge in [-0.2, -0.15) is 0 Å². The number of carbonyl (C=O) groups excluding carboxylic acids is 1. The zero-order valence-electron chi connectivity index (χ0n) is 15.4. The standard InChI is InChI=1S/C19H23ClFN5O/c1-25(2)18(14-5-3-4-6-15(14)21)19(27)22-13-9-11-26(12-10-13)17-8-7-16(20)23-24-17/h3-8,13,18H,9-12H2,1-2H3,(H,22,27)/t18-/m1/s1. The van der Waals surface area contributed by atoms with Crippen LogP contribution in [-0.2, 0) is 4.79 Å². The third-order valence-corrected chi connectivity index (χ3v) is 4.95. The first-order valence-electron chi connectivity index (χ1n) is 8.91. The molecule has 3 rings (SSSR count). The van der Waals surface area contributed by atoms with Crippen LogP contribution >= 0.6 is 11.6 Å². The van der Waals surface area contributed by atoms with Gasteiger partial charge in [-0.15, -0.1) is 10.2 Å². The van der Waals surface area contributed by atoms with E-state index in [9.17, 15) is 9.18 Å². The monoisotopic (exact) mass is 391 g/mol. The highest BCUT2D eigenvalue weighted by atomic mass is 35.5. The van der Waals surface area contributed by atoms with Crippen LogP contribution < -0.4 is 10.2 Å². The number of hydrogen-bond acceptors (Lipinski definition) is 5. The molecule has 144 valence electrons.